The van der Waals surface area contributed by atoms with E-state index in [1.54, 1.807) is 6.07 Å². The fourth-order valence-corrected chi connectivity index (χ4v) is 4.50. The maximum atomic E-state index is 13.6. The van der Waals surface area contributed by atoms with Crippen molar-refractivity contribution in [2.45, 2.75) is 44.1 Å². The number of nitrogens with zero attached hydrogens (tertiary/aromatic N) is 2. The van der Waals surface area contributed by atoms with Gasteiger partial charge in [0.2, 0.25) is 11.5 Å². The van der Waals surface area contributed by atoms with Gasteiger partial charge < -0.3 is 20.7 Å². The summed E-state index contributed by atoms with van der Waals surface area (Å²) in [6, 6.07) is 6.03. The van der Waals surface area contributed by atoms with Crippen molar-refractivity contribution in [3.8, 4) is 0 Å². The Bertz CT molecular complexity index is 1270. The van der Waals surface area contributed by atoms with E-state index in [-0.39, 0.29) is 12.0 Å². The highest BCUT2D eigenvalue weighted by Crippen LogP contribution is 2.46. The topological polar surface area (TPSA) is 122 Å². The van der Waals surface area contributed by atoms with E-state index in [0.29, 0.717) is 33.0 Å². The van der Waals surface area contributed by atoms with Gasteiger partial charge in [0.1, 0.15) is 18.4 Å². The summed E-state index contributed by atoms with van der Waals surface area (Å²) in [5.41, 5.74) is 4.93. The zero-order valence-corrected chi connectivity index (χ0v) is 19.5. The number of fused-ring (bicyclic) bond motifs is 2. The third-order valence-electron chi connectivity index (χ3n) is 6.45. The van der Waals surface area contributed by atoms with Gasteiger partial charge in [-0.15, -0.1) is 0 Å². The molecule has 1 aliphatic carbocycles. The normalized spacial score (nSPS) is 19.5. The van der Waals surface area contributed by atoms with Crippen molar-refractivity contribution in [1.29, 1.82) is 0 Å². The van der Waals surface area contributed by atoms with Crippen LogP contribution in [0.1, 0.15) is 30.0 Å². The number of imide groups is 1. The van der Waals surface area contributed by atoms with Gasteiger partial charge in [-0.1, -0.05) is 18.2 Å². The lowest BCUT2D eigenvalue weighted by Crippen LogP contribution is -2.51. The van der Waals surface area contributed by atoms with Gasteiger partial charge in [-0.2, -0.15) is 13.2 Å². The number of ether oxygens (including phenoxy) is 1. The van der Waals surface area contributed by atoms with Crippen molar-refractivity contribution in [3.05, 3.63) is 65.0 Å². The molecule has 0 unspecified atom stereocenters. The van der Waals surface area contributed by atoms with E-state index in [1.165, 1.54) is 24.3 Å². The Hall–Kier alpha value is -4.16. The van der Waals surface area contributed by atoms with Crippen molar-refractivity contribution in [2.24, 2.45) is 5.73 Å². The van der Waals surface area contributed by atoms with Crippen LogP contribution in [0.2, 0.25) is 0 Å². The second kappa shape index (κ2) is 9.37. The molecule has 1 saturated heterocycles. The van der Waals surface area contributed by atoms with E-state index in [1.807, 2.05) is 0 Å². The predicted molar refractivity (Wildman–Crippen MR) is 120 cm³/mol. The zero-order chi connectivity index (χ0) is 27.1. The molecule has 2 aromatic rings. The number of anilines is 1. The first-order valence-corrected chi connectivity index (χ1v) is 11.2. The van der Waals surface area contributed by atoms with Crippen molar-refractivity contribution in [2.75, 3.05) is 11.9 Å². The number of rotatable bonds is 6. The lowest BCUT2D eigenvalue weighted by Gasteiger charge is -2.31. The number of nitrogens with one attached hydrogen (secondary N) is 1. The summed E-state index contributed by atoms with van der Waals surface area (Å²) < 4.78 is 59.3. The van der Waals surface area contributed by atoms with Crippen LogP contribution in [0.4, 0.5) is 32.8 Å². The average molecular weight is 522 g/mol. The van der Waals surface area contributed by atoms with Gasteiger partial charge in [-0.05, 0) is 48.7 Å². The second-order valence-corrected chi connectivity index (χ2v) is 8.81. The fraction of sp³-hybridized carbons (Fsp3) is 0.333. The molecular weight excluding hydrogens is 500 g/mol. The molecule has 0 aromatic heterocycles. The van der Waals surface area contributed by atoms with E-state index in [2.05, 4.69) is 5.32 Å². The van der Waals surface area contributed by atoms with Crippen LogP contribution in [0, 0.1) is 5.82 Å². The molecule has 2 aromatic carbocycles. The molecule has 2 aliphatic rings. The number of halogens is 4. The van der Waals surface area contributed by atoms with Gasteiger partial charge in [-0.25, -0.2) is 18.9 Å². The third kappa shape index (κ3) is 4.93. The molecule has 3 N–H and O–H groups in total. The van der Waals surface area contributed by atoms with Crippen LogP contribution < -0.4 is 11.1 Å². The van der Waals surface area contributed by atoms with Crippen LogP contribution in [0.5, 0.6) is 0 Å². The van der Waals surface area contributed by atoms with Crippen molar-refractivity contribution in [1.82, 2.24) is 9.80 Å². The number of urea groups is 1. The zero-order valence-electron chi connectivity index (χ0n) is 19.5. The van der Waals surface area contributed by atoms with Crippen LogP contribution >= 0.6 is 0 Å². The molecule has 13 heteroatoms. The second-order valence-electron chi connectivity index (χ2n) is 8.81. The Morgan fingerprint density at radius 1 is 1.19 bits per heavy atom. The lowest BCUT2D eigenvalue weighted by molar-refractivity contribution is -0.187. The van der Waals surface area contributed by atoms with E-state index in [4.69, 9.17) is 10.5 Å². The standard InChI is InChI=1S/C24H22F4N4O5/c1-13(24(26,27)28)31(11-14-2-4-16(25)5-3-14)19(33)12-32-20(34)23(37-22(32)36)9-8-15-10-17(30-21(29)35)6-7-18(15)23/h2-7,10,13H,8-9,11-12H2,1H3,(H3,29,30,35)/t13-,23+/m0/s1. The molecule has 1 spiro atoms. The van der Waals surface area contributed by atoms with E-state index < -0.39 is 60.7 Å². The quantitative estimate of drug-likeness (QED) is 0.563. The highest BCUT2D eigenvalue weighted by Gasteiger charge is 2.58. The maximum Gasteiger partial charge on any atom is 0.418 e. The van der Waals surface area contributed by atoms with Gasteiger partial charge >= 0.3 is 18.3 Å². The van der Waals surface area contributed by atoms with Gasteiger partial charge in [-0.3, -0.25) is 9.59 Å². The van der Waals surface area contributed by atoms with E-state index in [0.717, 1.165) is 19.1 Å². The summed E-state index contributed by atoms with van der Waals surface area (Å²) in [6.07, 6.45) is -5.61. The van der Waals surface area contributed by atoms with Crippen LogP contribution in [0.25, 0.3) is 0 Å². The average Bonchev–Trinajstić information content (AvgIpc) is 3.29. The number of nitrogens with two attached hydrogens (primary N) is 1. The van der Waals surface area contributed by atoms with Gasteiger partial charge in [0.25, 0.3) is 5.91 Å². The summed E-state index contributed by atoms with van der Waals surface area (Å²) >= 11 is 0. The highest BCUT2D eigenvalue weighted by atomic mass is 19.4. The SMILES string of the molecule is C[C@H](N(Cc1ccc(F)cc1)C(=O)CN1C(=O)O[C@@]2(CCc3cc(NC(N)=O)ccc32)C1=O)C(F)(F)F. The van der Waals surface area contributed by atoms with Crippen LogP contribution in [-0.2, 0) is 32.9 Å². The molecule has 196 valence electrons. The first-order chi connectivity index (χ1) is 17.3. The number of amides is 5. The Kier molecular flexibility index (Phi) is 6.57. The van der Waals surface area contributed by atoms with Crippen LogP contribution in [0.3, 0.4) is 0 Å². The molecule has 9 nitrogen and oxygen atoms in total. The number of primary amides is 1. The van der Waals surface area contributed by atoms with Gasteiger partial charge in [0, 0.05) is 24.2 Å². The monoisotopic (exact) mass is 522 g/mol. The Morgan fingerprint density at radius 2 is 1.86 bits per heavy atom. The molecule has 0 saturated carbocycles. The van der Waals surface area contributed by atoms with Crippen molar-refractivity contribution < 1.29 is 41.5 Å². The van der Waals surface area contributed by atoms with Gasteiger partial charge in [0.15, 0.2) is 0 Å². The number of carbonyl (C=O) groups is 4. The Labute approximate surface area is 208 Å². The van der Waals surface area contributed by atoms with Crippen molar-refractivity contribution >= 4 is 29.6 Å². The number of benzene rings is 2. The number of hydrogen-bond acceptors (Lipinski definition) is 5. The number of alkyl halides is 3. The summed E-state index contributed by atoms with van der Waals surface area (Å²) in [4.78, 5) is 51.1. The molecule has 1 heterocycles. The first kappa shape index (κ1) is 25.9. The molecule has 1 fully saturated rings. The summed E-state index contributed by atoms with van der Waals surface area (Å²) in [7, 11) is 0. The maximum absolute atomic E-state index is 13.6. The van der Waals surface area contributed by atoms with Crippen molar-refractivity contribution in [3.63, 3.8) is 0 Å². The predicted octanol–water partition coefficient (Wildman–Crippen LogP) is 3.42. The molecule has 5 amide bonds. The summed E-state index contributed by atoms with van der Waals surface area (Å²) in [5, 5.41) is 2.40. The Balaban J connectivity index is 1.57. The summed E-state index contributed by atoms with van der Waals surface area (Å²) in [6.45, 7) is -0.726. The van der Waals surface area contributed by atoms with E-state index >= 15 is 0 Å². The number of hydrogen-bond donors (Lipinski definition) is 2. The molecule has 1 aliphatic heterocycles. The number of carbonyl (C=O) groups excluding carboxylic acids is 4. The molecule has 37 heavy (non-hydrogen) atoms. The minimum atomic E-state index is -4.80. The lowest BCUT2D eigenvalue weighted by atomic mass is 9.94. The fourth-order valence-electron chi connectivity index (χ4n) is 4.50. The third-order valence-corrected chi connectivity index (χ3v) is 6.45. The van der Waals surface area contributed by atoms with Crippen LogP contribution in [-0.4, -0.2) is 52.5 Å². The molecule has 0 radical (unpaired) electrons. The first-order valence-electron chi connectivity index (χ1n) is 11.2. The van der Waals surface area contributed by atoms with E-state index in [9.17, 15) is 36.7 Å². The smallest absolute Gasteiger partial charge is 0.418 e. The minimum absolute atomic E-state index is 0.0515. The largest absolute Gasteiger partial charge is 0.427 e. The minimum Gasteiger partial charge on any atom is -0.427 e. The highest BCUT2D eigenvalue weighted by molar-refractivity contribution is 6.06. The van der Waals surface area contributed by atoms with Crippen LogP contribution in [0.15, 0.2) is 42.5 Å². The molecule has 2 atom stereocenters. The van der Waals surface area contributed by atoms with Gasteiger partial charge in [0.05, 0.1) is 0 Å². The number of aryl methyl sites for hydroxylation is 1. The molecule has 4 rings (SSSR count). The Morgan fingerprint density at radius 3 is 2.49 bits per heavy atom. The molecule has 0 bridgehead atoms. The molecular formula is C24H22F4N4O5. The summed E-state index contributed by atoms with van der Waals surface area (Å²) in [5.74, 6) is -2.62.